The van der Waals surface area contributed by atoms with E-state index in [1.54, 1.807) is 0 Å². The van der Waals surface area contributed by atoms with Crippen molar-refractivity contribution in [3.8, 4) is 0 Å². The maximum atomic E-state index is 5.23. The quantitative estimate of drug-likeness (QED) is 0.720. The normalized spacial score (nSPS) is 15.7. The van der Waals surface area contributed by atoms with Gasteiger partial charge in [0, 0.05) is 5.57 Å². The molecule has 0 N–H and O–H groups in total. The van der Waals surface area contributed by atoms with E-state index in [2.05, 4.69) is 37.2 Å². The Bertz CT molecular complexity index is 390. The second-order valence-corrected chi connectivity index (χ2v) is 3.98. The fourth-order valence-corrected chi connectivity index (χ4v) is 1.51. The highest BCUT2D eigenvalue weighted by molar-refractivity contribution is 6.02. The highest BCUT2D eigenvalue weighted by atomic mass is 16.6. The molecule has 0 aliphatic carbocycles. The molecule has 0 amide bonds. The summed E-state index contributed by atoms with van der Waals surface area (Å²) in [5.74, 6) is 0.406. The Kier molecular flexibility index (Phi) is 2.86. The lowest BCUT2D eigenvalue weighted by Gasteiger charge is -2.15. The van der Waals surface area contributed by atoms with E-state index in [1.807, 2.05) is 18.2 Å². The first-order chi connectivity index (χ1) is 7.27. The standard InChI is InChI=1S/C13H15NO/c1-10(2)13-8-12(9-15-14-13)11-6-4-3-5-7-11/h3-8,10H,9H2,1-2H3. The van der Waals surface area contributed by atoms with Gasteiger partial charge in [-0.05, 0) is 17.6 Å². The van der Waals surface area contributed by atoms with Crippen LogP contribution in [0, 0.1) is 5.92 Å². The van der Waals surface area contributed by atoms with Crippen LogP contribution in [0.2, 0.25) is 0 Å². The van der Waals surface area contributed by atoms with Crippen LogP contribution < -0.4 is 0 Å². The van der Waals surface area contributed by atoms with Crippen LogP contribution in [0.1, 0.15) is 19.4 Å². The highest BCUT2D eigenvalue weighted by Crippen LogP contribution is 2.19. The summed E-state index contributed by atoms with van der Waals surface area (Å²) in [6, 6.07) is 10.3. The molecule has 0 unspecified atom stereocenters. The molecule has 0 aromatic heterocycles. The lowest BCUT2D eigenvalue weighted by Crippen LogP contribution is -2.12. The summed E-state index contributed by atoms with van der Waals surface area (Å²) < 4.78 is 0. The Morgan fingerprint density at radius 2 is 1.93 bits per heavy atom. The molecular formula is C13H15NO. The highest BCUT2D eigenvalue weighted by Gasteiger charge is 2.12. The molecule has 0 fully saturated rings. The summed E-state index contributed by atoms with van der Waals surface area (Å²) in [6.45, 7) is 4.81. The molecule has 0 radical (unpaired) electrons. The van der Waals surface area contributed by atoms with Gasteiger partial charge in [0.15, 0.2) is 0 Å². The molecule has 1 aliphatic rings. The van der Waals surface area contributed by atoms with Crippen molar-refractivity contribution in [1.82, 2.24) is 0 Å². The number of benzene rings is 1. The van der Waals surface area contributed by atoms with Crippen LogP contribution in [0.25, 0.3) is 5.57 Å². The minimum Gasteiger partial charge on any atom is -0.391 e. The second kappa shape index (κ2) is 4.30. The molecule has 0 spiro atoms. The van der Waals surface area contributed by atoms with E-state index in [0.29, 0.717) is 12.5 Å². The van der Waals surface area contributed by atoms with Gasteiger partial charge in [0.05, 0.1) is 5.71 Å². The summed E-state index contributed by atoms with van der Waals surface area (Å²) in [6.07, 6.45) is 2.13. The van der Waals surface area contributed by atoms with Gasteiger partial charge >= 0.3 is 0 Å². The average molecular weight is 201 g/mol. The van der Waals surface area contributed by atoms with E-state index < -0.39 is 0 Å². The van der Waals surface area contributed by atoms with Gasteiger partial charge in [-0.2, -0.15) is 0 Å². The fourth-order valence-electron chi connectivity index (χ4n) is 1.51. The Morgan fingerprint density at radius 1 is 1.20 bits per heavy atom. The average Bonchev–Trinajstić information content (AvgIpc) is 2.30. The van der Waals surface area contributed by atoms with Crippen molar-refractivity contribution in [2.24, 2.45) is 11.1 Å². The predicted molar refractivity (Wildman–Crippen MR) is 62.6 cm³/mol. The SMILES string of the molecule is CC(C)C1=NOCC(c2ccccc2)=C1. The summed E-state index contributed by atoms with van der Waals surface area (Å²) in [5.41, 5.74) is 3.43. The molecule has 1 aromatic carbocycles. The van der Waals surface area contributed by atoms with E-state index in [9.17, 15) is 0 Å². The third kappa shape index (κ3) is 2.27. The molecule has 0 saturated heterocycles. The van der Waals surface area contributed by atoms with Crippen LogP contribution in [-0.4, -0.2) is 12.3 Å². The maximum absolute atomic E-state index is 5.23. The van der Waals surface area contributed by atoms with E-state index in [4.69, 9.17) is 4.84 Å². The lowest BCUT2D eigenvalue weighted by atomic mass is 10.0. The van der Waals surface area contributed by atoms with Gasteiger partial charge in [0.25, 0.3) is 0 Å². The van der Waals surface area contributed by atoms with E-state index in [-0.39, 0.29) is 0 Å². The minimum atomic E-state index is 0.406. The van der Waals surface area contributed by atoms with Crippen LogP contribution in [0.5, 0.6) is 0 Å². The Labute approximate surface area is 90.3 Å². The fraction of sp³-hybridized carbons (Fsp3) is 0.308. The molecule has 78 valence electrons. The first-order valence-corrected chi connectivity index (χ1v) is 5.23. The molecule has 0 saturated carbocycles. The number of rotatable bonds is 2. The van der Waals surface area contributed by atoms with E-state index in [0.717, 1.165) is 5.71 Å². The molecular weight excluding hydrogens is 186 g/mol. The molecule has 0 bridgehead atoms. The zero-order valence-corrected chi connectivity index (χ0v) is 9.10. The zero-order valence-electron chi connectivity index (χ0n) is 9.10. The number of hydrogen-bond acceptors (Lipinski definition) is 2. The van der Waals surface area contributed by atoms with Gasteiger partial charge in [0.1, 0.15) is 6.61 Å². The Morgan fingerprint density at radius 3 is 2.60 bits per heavy atom. The molecule has 1 heterocycles. The van der Waals surface area contributed by atoms with Crippen molar-refractivity contribution >= 4 is 11.3 Å². The molecule has 2 heteroatoms. The van der Waals surface area contributed by atoms with Crippen LogP contribution in [0.3, 0.4) is 0 Å². The summed E-state index contributed by atoms with van der Waals surface area (Å²) in [7, 11) is 0. The van der Waals surface area contributed by atoms with Gasteiger partial charge in [-0.15, -0.1) is 0 Å². The monoisotopic (exact) mass is 201 g/mol. The van der Waals surface area contributed by atoms with Crippen LogP contribution in [-0.2, 0) is 4.84 Å². The van der Waals surface area contributed by atoms with Crippen LogP contribution in [0.15, 0.2) is 41.6 Å². The molecule has 1 aromatic rings. The first-order valence-electron chi connectivity index (χ1n) is 5.23. The molecule has 1 aliphatic heterocycles. The lowest BCUT2D eigenvalue weighted by molar-refractivity contribution is 0.175. The number of nitrogens with zero attached hydrogens (tertiary/aromatic N) is 1. The van der Waals surface area contributed by atoms with Crippen molar-refractivity contribution in [1.29, 1.82) is 0 Å². The van der Waals surface area contributed by atoms with Gasteiger partial charge in [-0.1, -0.05) is 49.3 Å². The molecule has 0 atom stereocenters. The van der Waals surface area contributed by atoms with Crippen molar-refractivity contribution < 1.29 is 4.84 Å². The number of oxime groups is 1. The summed E-state index contributed by atoms with van der Waals surface area (Å²) >= 11 is 0. The third-order valence-corrected chi connectivity index (χ3v) is 2.45. The predicted octanol–water partition coefficient (Wildman–Crippen LogP) is 3.11. The summed E-state index contributed by atoms with van der Waals surface area (Å²) in [4.78, 5) is 5.23. The zero-order chi connectivity index (χ0) is 10.7. The van der Waals surface area contributed by atoms with Crippen molar-refractivity contribution in [2.75, 3.05) is 6.61 Å². The number of hydrogen-bond donors (Lipinski definition) is 0. The van der Waals surface area contributed by atoms with Crippen molar-refractivity contribution in [3.63, 3.8) is 0 Å². The Balaban J connectivity index is 2.28. The van der Waals surface area contributed by atoms with E-state index in [1.165, 1.54) is 11.1 Å². The topological polar surface area (TPSA) is 21.6 Å². The molecule has 2 nitrogen and oxygen atoms in total. The van der Waals surface area contributed by atoms with Crippen molar-refractivity contribution in [3.05, 3.63) is 42.0 Å². The van der Waals surface area contributed by atoms with Gasteiger partial charge in [-0.25, -0.2) is 0 Å². The van der Waals surface area contributed by atoms with E-state index >= 15 is 0 Å². The Hall–Kier alpha value is -1.57. The van der Waals surface area contributed by atoms with Gasteiger partial charge < -0.3 is 4.84 Å². The van der Waals surface area contributed by atoms with Crippen LogP contribution >= 0.6 is 0 Å². The minimum absolute atomic E-state index is 0.406. The second-order valence-electron chi connectivity index (χ2n) is 3.98. The first kappa shape index (κ1) is 9.97. The van der Waals surface area contributed by atoms with Gasteiger partial charge in [0.2, 0.25) is 0 Å². The summed E-state index contributed by atoms with van der Waals surface area (Å²) in [5, 5.41) is 4.04. The van der Waals surface area contributed by atoms with Crippen LogP contribution in [0.4, 0.5) is 0 Å². The number of allylic oxidation sites excluding steroid dienone is 1. The maximum Gasteiger partial charge on any atom is 0.142 e. The van der Waals surface area contributed by atoms with Crippen molar-refractivity contribution in [2.45, 2.75) is 13.8 Å². The third-order valence-electron chi connectivity index (χ3n) is 2.45. The largest absolute Gasteiger partial charge is 0.391 e. The molecule has 2 rings (SSSR count). The van der Waals surface area contributed by atoms with Gasteiger partial charge in [-0.3, -0.25) is 0 Å². The molecule has 15 heavy (non-hydrogen) atoms. The smallest absolute Gasteiger partial charge is 0.142 e.